The molecule has 0 bridgehead atoms. The average Bonchev–Trinajstić information content (AvgIpc) is 2.95. The number of carbonyl (C=O) groups is 1. The van der Waals surface area contributed by atoms with Gasteiger partial charge in [-0.2, -0.15) is 0 Å². The highest BCUT2D eigenvalue weighted by molar-refractivity contribution is 5.92. The van der Waals surface area contributed by atoms with Crippen LogP contribution in [-0.4, -0.2) is 40.4 Å². The minimum Gasteiger partial charge on any atom is -0.370 e. The van der Waals surface area contributed by atoms with Crippen LogP contribution in [0, 0.1) is 0 Å². The number of amides is 1. The number of aromatic nitrogens is 2. The van der Waals surface area contributed by atoms with Crippen molar-refractivity contribution >= 4 is 11.7 Å². The number of anilines is 1. The first kappa shape index (κ1) is 17.4. The summed E-state index contributed by atoms with van der Waals surface area (Å²) in [5, 5.41) is 3.30. The first-order chi connectivity index (χ1) is 12.3. The zero-order valence-electron chi connectivity index (χ0n) is 14.7. The molecule has 1 aliphatic heterocycles. The molecule has 0 aliphatic carbocycles. The quantitative estimate of drug-likeness (QED) is 0.819. The number of likely N-dealkylation sites (tertiary alicyclic amines) is 1. The number of carbonyl (C=O) groups excluding carboxylic acids is 1. The number of nitrogens with zero attached hydrogens (tertiary/aromatic N) is 3. The molecule has 2 heterocycles. The Morgan fingerprint density at radius 2 is 1.80 bits per heavy atom. The molecule has 132 valence electrons. The lowest BCUT2D eigenvalue weighted by Gasteiger charge is -2.19. The van der Waals surface area contributed by atoms with Crippen molar-refractivity contribution in [2.24, 2.45) is 0 Å². The largest absolute Gasteiger partial charge is 0.370 e. The van der Waals surface area contributed by atoms with E-state index < -0.39 is 0 Å². The monoisotopic (exact) mass is 338 g/mol. The Balaban J connectivity index is 1.51. The molecule has 25 heavy (non-hydrogen) atoms. The van der Waals surface area contributed by atoms with Crippen LogP contribution in [0.5, 0.6) is 0 Å². The lowest BCUT2D eigenvalue weighted by molar-refractivity contribution is 0.0755. The van der Waals surface area contributed by atoms with Crippen molar-refractivity contribution in [2.45, 2.75) is 38.5 Å². The summed E-state index contributed by atoms with van der Waals surface area (Å²) in [5.74, 6) is 0.748. The summed E-state index contributed by atoms with van der Waals surface area (Å²) in [4.78, 5) is 23.0. The number of benzene rings is 1. The topological polar surface area (TPSA) is 58.1 Å². The number of rotatable bonds is 6. The van der Waals surface area contributed by atoms with E-state index in [1.165, 1.54) is 24.7 Å². The molecule has 5 nitrogen and oxygen atoms in total. The van der Waals surface area contributed by atoms with E-state index in [4.69, 9.17) is 0 Å². The summed E-state index contributed by atoms with van der Waals surface area (Å²) < 4.78 is 0. The van der Waals surface area contributed by atoms with Crippen LogP contribution in [-0.2, 0) is 6.42 Å². The van der Waals surface area contributed by atoms with E-state index >= 15 is 0 Å². The third-order valence-corrected chi connectivity index (χ3v) is 4.57. The van der Waals surface area contributed by atoms with Gasteiger partial charge in [-0.25, -0.2) is 9.97 Å². The predicted molar refractivity (Wildman–Crippen MR) is 99.7 cm³/mol. The molecular formula is C20H26N4O. The van der Waals surface area contributed by atoms with E-state index in [0.29, 0.717) is 5.69 Å². The highest BCUT2D eigenvalue weighted by Gasteiger charge is 2.18. The zero-order chi connectivity index (χ0) is 17.3. The third kappa shape index (κ3) is 5.28. The van der Waals surface area contributed by atoms with Gasteiger partial charge in [-0.1, -0.05) is 43.2 Å². The standard InChI is InChI=1S/C20H26N4O/c25-20(24-13-6-1-2-7-14-24)18-15-19(23-16-22-18)21-12-8-11-17-9-4-3-5-10-17/h3-5,9-10,15-16H,1-2,6-8,11-14H2,(H,21,22,23). The van der Waals surface area contributed by atoms with Gasteiger partial charge >= 0.3 is 0 Å². The molecule has 0 spiro atoms. The van der Waals surface area contributed by atoms with Crippen LogP contribution in [0.4, 0.5) is 5.82 Å². The number of nitrogens with one attached hydrogen (secondary N) is 1. The van der Waals surface area contributed by atoms with Gasteiger partial charge in [0.2, 0.25) is 0 Å². The summed E-state index contributed by atoms with van der Waals surface area (Å²) in [6.45, 7) is 2.49. The van der Waals surface area contributed by atoms with Crippen LogP contribution in [0.3, 0.4) is 0 Å². The summed E-state index contributed by atoms with van der Waals surface area (Å²) >= 11 is 0. The molecular weight excluding hydrogens is 312 g/mol. The number of aryl methyl sites for hydroxylation is 1. The van der Waals surface area contributed by atoms with Crippen LogP contribution >= 0.6 is 0 Å². The number of hydrogen-bond donors (Lipinski definition) is 1. The first-order valence-corrected chi connectivity index (χ1v) is 9.22. The van der Waals surface area contributed by atoms with E-state index in [-0.39, 0.29) is 5.91 Å². The molecule has 1 aromatic heterocycles. The van der Waals surface area contributed by atoms with Crippen molar-refractivity contribution in [1.29, 1.82) is 0 Å². The highest BCUT2D eigenvalue weighted by Crippen LogP contribution is 2.14. The second kappa shape index (κ2) is 9.16. The lowest BCUT2D eigenvalue weighted by atomic mass is 10.1. The predicted octanol–water partition coefficient (Wildman–Crippen LogP) is 3.54. The minimum absolute atomic E-state index is 0.0247. The fourth-order valence-electron chi connectivity index (χ4n) is 3.16. The summed E-state index contributed by atoms with van der Waals surface area (Å²) in [5.41, 5.74) is 1.83. The maximum Gasteiger partial charge on any atom is 0.272 e. The van der Waals surface area contributed by atoms with Crippen LogP contribution < -0.4 is 5.32 Å². The summed E-state index contributed by atoms with van der Waals surface area (Å²) in [6.07, 6.45) is 8.11. The highest BCUT2D eigenvalue weighted by atomic mass is 16.2. The van der Waals surface area contributed by atoms with E-state index in [1.807, 2.05) is 11.0 Å². The van der Waals surface area contributed by atoms with Crippen LogP contribution in [0.1, 0.15) is 48.2 Å². The van der Waals surface area contributed by atoms with Gasteiger partial charge in [0.15, 0.2) is 0 Å². The maximum atomic E-state index is 12.6. The second-order valence-electron chi connectivity index (χ2n) is 6.51. The Hall–Kier alpha value is -2.43. The maximum absolute atomic E-state index is 12.6. The van der Waals surface area contributed by atoms with Crippen LogP contribution in [0.15, 0.2) is 42.7 Å². The Morgan fingerprint density at radius 3 is 2.56 bits per heavy atom. The second-order valence-corrected chi connectivity index (χ2v) is 6.51. The molecule has 1 N–H and O–H groups in total. The smallest absolute Gasteiger partial charge is 0.272 e. The average molecular weight is 338 g/mol. The van der Waals surface area contributed by atoms with Gasteiger partial charge in [0.25, 0.3) is 5.91 Å². The molecule has 0 unspecified atom stereocenters. The lowest BCUT2D eigenvalue weighted by Crippen LogP contribution is -2.32. The van der Waals surface area contributed by atoms with Crippen molar-refractivity contribution in [2.75, 3.05) is 25.0 Å². The molecule has 1 aliphatic rings. The third-order valence-electron chi connectivity index (χ3n) is 4.57. The Morgan fingerprint density at radius 1 is 1.04 bits per heavy atom. The summed E-state index contributed by atoms with van der Waals surface area (Å²) in [6, 6.07) is 12.2. The van der Waals surface area contributed by atoms with Gasteiger partial charge in [0, 0.05) is 25.7 Å². The van der Waals surface area contributed by atoms with Gasteiger partial charge in [-0.3, -0.25) is 4.79 Å². The van der Waals surface area contributed by atoms with E-state index in [9.17, 15) is 4.79 Å². The van der Waals surface area contributed by atoms with Gasteiger partial charge < -0.3 is 10.2 Å². The van der Waals surface area contributed by atoms with Gasteiger partial charge in [-0.15, -0.1) is 0 Å². The van der Waals surface area contributed by atoms with E-state index in [1.54, 1.807) is 6.07 Å². The van der Waals surface area contributed by atoms with Gasteiger partial charge in [0.1, 0.15) is 17.8 Å². The zero-order valence-corrected chi connectivity index (χ0v) is 14.7. The fourth-order valence-corrected chi connectivity index (χ4v) is 3.16. The molecule has 1 aromatic carbocycles. The van der Waals surface area contributed by atoms with E-state index in [0.717, 1.165) is 51.1 Å². The van der Waals surface area contributed by atoms with E-state index in [2.05, 4.69) is 39.6 Å². The molecule has 0 saturated carbocycles. The minimum atomic E-state index is 0.0247. The molecule has 1 saturated heterocycles. The van der Waals surface area contributed by atoms with Crippen LogP contribution in [0.2, 0.25) is 0 Å². The van der Waals surface area contributed by atoms with Crippen molar-refractivity contribution < 1.29 is 4.79 Å². The molecule has 1 fully saturated rings. The molecule has 0 atom stereocenters. The van der Waals surface area contributed by atoms with Crippen LogP contribution in [0.25, 0.3) is 0 Å². The van der Waals surface area contributed by atoms with Crippen molar-refractivity contribution in [1.82, 2.24) is 14.9 Å². The van der Waals surface area contributed by atoms with Crippen molar-refractivity contribution in [3.05, 3.63) is 54.0 Å². The Kier molecular flexibility index (Phi) is 6.37. The summed E-state index contributed by atoms with van der Waals surface area (Å²) in [7, 11) is 0. The molecule has 3 rings (SSSR count). The Labute approximate surface area is 149 Å². The van der Waals surface area contributed by atoms with Crippen molar-refractivity contribution in [3.8, 4) is 0 Å². The van der Waals surface area contributed by atoms with Gasteiger partial charge in [0.05, 0.1) is 0 Å². The SMILES string of the molecule is O=C(c1cc(NCCCc2ccccc2)ncn1)N1CCCCCC1. The van der Waals surface area contributed by atoms with Crippen molar-refractivity contribution in [3.63, 3.8) is 0 Å². The molecule has 5 heteroatoms. The molecule has 0 radical (unpaired) electrons. The normalized spacial score (nSPS) is 14.8. The molecule has 2 aromatic rings. The number of hydrogen-bond acceptors (Lipinski definition) is 4. The fraction of sp³-hybridized carbons (Fsp3) is 0.450. The van der Waals surface area contributed by atoms with Gasteiger partial charge in [-0.05, 0) is 31.2 Å². The Bertz CT molecular complexity index is 666. The molecule has 1 amide bonds. The first-order valence-electron chi connectivity index (χ1n) is 9.22.